The van der Waals surface area contributed by atoms with Crippen LogP contribution in [0, 0.1) is 0 Å². The molecule has 4 nitrogen and oxygen atoms in total. The first kappa shape index (κ1) is 12.6. The largest absolute Gasteiger partial charge is 0.325 e. The second-order valence-electron chi connectivity index (χ2n) is 5.82. The number of hydrogen-bond donors (Lipinski definition) is 1. The predicted molar refractivity (Wildman–Crippen MR) is 77.4 cm³/mol. The fraction of sp³-hybridized carbons (Fsp3) is 0.600. The summed E-state index contributed by atoms with van der Waals surface area (Å²) in [5, 5.41) is 3.50. The van der Waals surface area contributed by atoms with Gasteiger partial charge in [0.25, 0.3) is 0 Å². The molecule has 0 spiro atoms. The number of hydrogen-bond acceptors (Lipinski definition) is 3. The molecule has 3 rings (SSSR count). The van der Waals surface area contributed by atoms with Crippen molar-refractivity contribution < 1.29 is 0 Å². The summed E-state index contributed by atoms with van der Waals surface area (Å²) in [7, 11) is 0. The Morgan fingerprint density at radius 2 is 2.32 bits per heavy atom. The average molecular weight is 258 g/mol. The molecule has 1 unspecified atom stereocenters. The molecule has 4 heteroatoms. The van der Waals surface area contributed by atoms with Gasteiger partial charge in [0.05, 0.1) is 11.7 Å². The molecule has 1 atom stereocenters. The smallest absolute Gasteiger partial charge is 0.117 e. The van der Waals surface area contributed by atoms with Gasteiger partial charge in [0.2, 0.25) is 0 Å². The van der Waals surface area contributed by atoms with Crippen molar-refractivity contribution in [1.29, 1.82) is 0 Å². The quantitative estimate of drug-likeness (QED) is 0.920. The average Bonchev–Trinajstić information content (AvgIpc) is 3.03. The van der Waals surface area contributed by atoms with Crippen LogP contribution in [0.1, 0.15) is 45.5 Å². The molecule has 1 saturated heterocycles. The monoisotopic (exact) mass is 258 g/mol. The van der Waals surface area contributed by atoms with Crippen LogP contribution in [-0.4, -0.2) is 27.6 Å². The fourth-order valence-corrected chi connectivity index (χ4v) is 3.24. The highest BCUT2D eigenvalue weighted by atomic mass is 15.1. The van der Waals surface area contributed by atoms with Crippen molar-refractivity contribution in [2.75, 3.05) is 13.1 Å². The van der Waals surface area contributed by atoms with Gasteiger partial charge in [-0.05, 0) is 39.3 Å². The first-order valence-corrected chi connectivity index (χ1v) is 7.21. The molecule has 0 radical (unpaired) electrons. The Balaban J connectivity index is 2.25. The molecule has 1 aliphatic rings. The van der Waals surface area contributed by atoms with Crippen molar-refractivity contribution in [3.63, 3.8) is 0 Å². The summed E-state index contributed by atoms with van der Waals surface area (Å²) in [4.78, 5) is 9.13. The maximum absolute atomic E-state index is 4.92. The van der Waals surface area contributed by atoms with Crippen LogP contribution in [0.5, 0.6) is 0 Å². The van der Waals surface area contributed by atoms with Crippen LogP contribution in [-0.2, 0) is 5.41 Å². The molecular weight excluding hydrogens is 236 g/mol. The number of pyridine rings is 1. The standard InChI is InChI=1S/C15H22N4/c1-4-15(6-8-17-10-15)14-18-12-9-16-7-5-13(12)19(14)11(2)3/h5,7,9,11,17H,4,6,8,10H2,1-3H3. The number of imidazole rings is 1. The summed E-state index contributed by atoms with van der Waals surface area (Å²) in [5.41, 5.74) is 2.41. The van der Waals surface area contributed by atoms with E-state index < -0.39 is 0 Å². The number of fused-ring (bicyclic) bond motifs is 1. The summed E-state index contributed by atoms with van der Waals surface area (Å²) in [6, 6.07) is 2.50. The number of aromatic nitrogens is 3. The first-order chi connectivity index (χ1) is 9.18. The zero-order chi connectivity index (χ0) is 13.5. The Bertz CT molecular complexity index is 579. The molecule has 0 amide bonds. The van der Waals surface area contributed by atoms with Crippen LogP contribution in [0.25, 0.3) is 11.0 Å². The lowest BCUT2D eigenvalue weighted by Crippen LogP contribution is -2.32. The molecular formula is C15H22N4. The molecule has 0 aliphatic carbocycles. The normalized spacial score (nSPS) is 23.6. The molecule has 0 saturated carbocycles. The lowest BCUT2D eigenvalue weighted by molar-refractivity contribution is 0.394. The lowest BCUT2D eigenvalue weighted by Gasteiger charge is -2.28. The van der Waals surface area contributed by atoms with Crippen molar-refractivity contribution in [2.45, 2.75) is 45.1 Å². The summed E-state index contributed by atoms with van der Waals surface area (Å²) >= 11 is 0. The van der Waals surface area contributed by atoms with Crippen molar-refractivity contribution in [1.82, 2.24) is 19.9 Å². The van der Waals surface area contributed by atoms with Crippen molar-refractivity contribution in [3.05, 3.63) is 24.3 Å². The van der Waals surface area contributed by atoms with E-state index in [1.54, 1.807) is 0 Å². The third kappa shape index (κ3) is 1.86. The Kier molecular flexibility index (Phi) is 3.05. The summed E-state index contributed by atoms with van der Waals surface area (Å²) < 4.78 is 2.40. The Morgan fingerprint density at radius 1 is 1.47 bits per heavy atom. The van der Waals surface area contributed by atoms with Gasteiger partial charge in [0.1, 0.15) is 11.3 Å². The third-order valence-corrected chi connectivity index (χ3v) is 4.40. The number of nitrogens with zero attached hydrogens (tertiary/aromatic N) is 3. The maximum Gasteiger partial charge on any atom is 0.117 e. The Hall–Kier alpha value is -1.42. The minimum Gasteiger partial charge on any atom is -0.325 e. The van der Waals surface area contributed by atoms with E-state index in [4.69, 9.17) is 4.98 Å². The van der Waals surface area contributed by atoms with Gasteiger partial charge in [0.15, 0.2) is 0 Å². The van der Waals surface area contributed by atoms with Gasteiger partial charge >= 0.3 is 0 Å². The minimum atomic E-state index is 0.184. The van der Waals surface area contributed by atoms with E-state index in [-0.39, 0.29) is 5.41 Å². The molecule has 1 fully saturated rings. The Morgan fingerprint density at radius 3 is 2.95 bits per heavy atom. The molecule has 102 valence electrons. The van der Waals surface area contributed by atoms with Crippen LogP contribution >= 0.6 is 0 Å². The fourth-order valence-electron chi connectivity index (χ4n) is 3.24. The van der Waals surface area contributed by atoms with Gasteiger partial charge in [-0.2, -0.15) is 0 Å². The van der Waals surface area contributed by atoms with E-state index in [0.717, 1.165) is 25.0 Å². The first-order valence-electron chi connectivity index (χ1n) is 7.21. The third-order valence-electron chi connectivity index (χ3n) is 4.40. The van der Waals surface area contributed by atoms with Crippen molar-refractivity contribution >= 4 is 11.0 Å². The van der Waals surface area contributed by atoms with E-state index in [1.165, 1.54) is 17.8 Å². The lowest BCUT2D eigenvalue weighted by atomic mass is 9.83. The molecule has 1 N–H and O–H groups in total. The van der Waals surface area contributed by atoms with E-state index >= 15 is 0 Å². The van der Waals surface area contributed by atoms with E-state index in [0.29, 0.717) is 6.04 Å². The zero-order valence-electron chi connectivity index (χ0n) is 12.0. The van der Waals surface area contributed by atoms with Crippen LogP contribution in [0.15, 0.2) is 18.5 Å². The summed E-state index contributed by atoms with van der Waals surface area (Å²) in [6.07, 6.45) is 6.04. The zero-order valence-corrected chi connectivity index (χ0v) is 12.0. The van der Waals surface area contributed by atoms with E-state index in [2.05, 4.69) is 41.7 Å². The van der Waals surface area contributed by atoms with Gasteiger partial charge in [-0.15, -0.1) is 0 Å². The molecule has 19 heavy (non-hydrogen) atoms. The minimum absolute atomic E-state index is 0.184. The Labute approximate surface area is 114 Å². The summed E-state index contributed by atoms with van der Waals surface area (Å²) in [6.45, 7) is 8.86. The van der Waals surface area contributed by atoms with Gasteiger partial charge in [-0.3, -0.25) is 4.98 Å². The highest BCUT2D eigenvalue weighted by Crippen LogP contribution is 2.36. The molecule has 1 aliphatic heterocycles. The molecule has 2 aromatic rings. The molecule has 2 aromatic heterocycles. The van der Waals surface area contributed by atoms with Crippen LogP contribution in [0.3, 0.4) is 0 Å². The predicted octanol–water partition coefficient (Wildman–Crippen LogP) is 2.65. The van der Waals surface area contributed by atoms with Crippen LogP contribution in [0.4, 0.5) is 0 Å². The van der Waals surface area contributed by atoms with Gasteiger partial charge in [-0.25, -0.2) is 4.98 Å². The second-order valence-corrected chi connectivity index (χ2v) is 5.82. The van der Waals surface area contributed by atoms with E-state index in [1.807, 2.05) is 12.4 Å². The number of nitrogens with one attached hydrogen (secondary N) is 1. The van der Waals surface area contributed by atoms with Gasteiger partial charge < -0.3 is 9.88 Å². The van der Waals surface area contributed by atoms with Crippen LogP contribution in [0.2, 0.25) is 0 Å². The SMILES string of the molecule is CCC1(c2nc3cnccc3n2C(C)C)CCNC1. The van der Waals surface area contributed by atoms with Gasteiger partial charge in [0, 0.05) is 24.2 Å². The highest BCUT2D eigenvalue weighted by Gasteiger charge is 2.38. The van der Waals surface area contributed by atoms with Crippen molar-refractivity contribution in [3.8, 4) is 0 Å². The summed E-state index contributed by atoms with van der Waals surface area (Å²) in [5.74, 6) is 1.23. The second kappa shape index (κ2) is 4.60. The van der Waals surface area contributed by atoms with Crippen LogP contribution < -0.4 is 5.32 Å². The van der Waals surface area contributed by atoms with Crippen molar-refractivity contribution in [2.24, 2.45) is 0 Å². The molecule has 0 bridgehead atoms. The van der Waals surface area contributed by atoms with E-state index in [9.17, 15) is 0 Å². The highest BCUT2D eigenvalue weighted by molar-refractivity contribution is 5.75. The maximum atomic E-state index is 4.92. The van der Waals surface area contributed by atoms with Gasteiger partial charge in [-0.1, -0.05) is 6.92 Å². The topological polar surface area (TPSA) is 42.7 Å². The number of rotatable bonds is 3. The molecule has 3 heterocycles. The molecule has 0 aromatic carbocycles.